The van der Waals surface area contributed by atoms with Crippen LogP contribution in [-0.2, 0) is 0 Å². The SMILES string of the molecule is CCNC(=O)c1ccnc(NC(=O)N2c3nc(C(=O)N[C@H](C)C(F)(F)F)ccc3N3CC[C@H]2C3)c1.COc1cc(NC(=O)N2c3nc(C(=O)C[C@@H]4CC4(F)F)ccc3N3CC[C@H]2C3)ncn1.C[C@@H](CC(=O)c1ccc2c(n1)N(C(=O)Nc1cc(C(=O)CC3CC3)ccn1)[C@H]1CCN2C1)C(F)(F)F. The van der Waals surface area contributed by atoms with Crippen molar-refractivity contribution in [1.29, 1.82) is 0 Å². The van der Waals surface area contributed by atoms with Crippen LogP contribution < -0.4 is 60.7 Å². The van der Waals surface area contributed by atoms with Crippen molar-refractivity contribution in [2.24, 2.45) is 17.8 Å². The number of urea groups is 3. The first-order valence-corrected chi connectivity index (χ1v) is 33.1. The van der Waals surface area contributed by atoms with Crippen LogP contribution in [0.5, 0.6) is 5.88 Å². The molecule has 102 heavy (non-hydrogen) atoms. The number of methoxy groups -OCH3 is 1. The predicted molar refractivity (Wildman–Crippen MR) is 355 cm³/mol. The normalized spacial score (nSPS) is 19.8. The van der Waals surface area contributed by atoms with Crippen LogP contribution in [0.2, 0.25) is 0 Å². The standard InChI is InChI=1S/C25H26F3N5O3.C22H24F3N7O3.C20H20F2N6O3/c1-14(25(26,27)28)10-21(35)18-4-5-19-23(30-18)33(17-7-9-32(19)13-17)24(36)31-22-12-16(6-8-29-22)20(34)11-15-2-3-15;1-3-26-19(33)13-6-8-27-17(10-13)30-21(35)32-14-7-9-31(11-14)16-5-4-15(29-18(16)32)20(34)28-12(2)22(23,24)25;1-31-17-7-16(23-10-24-17)26-19(30)28-12-4-5-27(9-12)14-3-2-13(25-18(14)28)15(29)6-11-8-20(11,21)22/h4-6,8,12,14-15,17H,2-3,7,9-11,13H2,1H3,(H,29,31,36);4-6,8,10,12,14H,3,7,9,11H2,1-2H3,(H,26,33)(H,28,34)(H,27,30,35);2-3,7,10-12H,4-6,8-9H2,1H3,(H,23,24,26,30)/t14-,17-;12-,14+;11-,12+/m011/s1. The van der Waals surface area contributed by atoms with Crippen molar-refractivity contribution in [3.05, 3.63) is 114 Å². The van der Waals surface area contributed by atoms with E-state index in [2.05, 4.69) is 61.1 Å². The number of ether oxygens (including phenoxy) is 1. The Hall–Kier alpha value is -10.8. The first-order valence-electron chi connectivity index (χ1n) is 33.1. The highest BCUT2D eigenvalue weighted by atomic mass is 19.4. The first-order chi connectivity index (χ1) is 48.5. The molecule has 2 saturated carbocycles. The van der Waals surface area contributed by atoms with Crippen molar-refractivity contribution in [3.8, 4) is 5.88 Å². The lowest BCUT2D eigenvalue weighted by Crippen LogP contribution is -2.49. The number of rotatable bonds is 17. The van der Waals surface area contributed by atoms with Crippen molar-refractivity contribution in [2.45, 2.75) is 121 Å². The average Bonchev–Trinajstić information content (AvgIpc) is 1.57. The number of nitrogens with zero attached hydrogens (tertiary/aromatic N) is 13. The Morgan fingerprint density at radius 3 is 1.48 bits per heavy atom. The van der Waals surface area contributed by atoms with Crippen molar-refractivity contribution >= 4 is 99.2 Å². The van der Waals surface area contributed by atoms with E-state index < -0.39 is 78.1 Å². The van der Waals surface area contributed by atoms with Crippen molar-refractivity contribution in [2.75, 3.05) is 98.3 Å². The van der Waals surface area contributed by atoms with Gasteiger partial charge in [0.1, 0.15) is 46.9 Å². The molecule has 12 heterocycles. The summed E-state index contributed by atoms with van der Waals surface area (Å²) in [5, 5.41) is 12.7. The monoisotopic (exact) mass is 1420 g/mol. The third-order valence-electron chi connectivity index (χ3n) is 18.8. The molecule has 35 heteroatoms. The third-order valence-corrected chi connectivity index (χ3v) is 18.8. The van der Waals surface area contributed by atoms with Gasteiger partial charge in [-0.1, -0.05) is 6.92 Å². The lowest BCUT2D eigenvalue weighted by molar-refractivity contribution is -0.168. The van der Waals surface area contributed by atoms with Gasteiger partial charge in [-0.15, -0.1) is 0 Å². The van der Waals surface area contributed by atoms with E-state index in [1.54, 1.807) is 43.3 Å². The molecular formula is C67H70F8N18O9. The number of carbonyl (C=O) groups is 8. The van der Waals surface area contributed by atoms with Crippen LogP contribution >= 0.6 is 0 Å². The van der Waals surface area contributed by atoms with E-state index in [1.165, 1.54) is 70.9 Å². The fraction of sp³-hybridized carbons (Fsp3) is 0.448. The quantitative estimate of drug-likeness (QED) is 0.0419. The Morgan fingerprint density at radius 2 is 1.02 bits per heavy atom. The number of anilines is 9. The fourth-order valence-electron chi connectivity index (χ4n) is 12.8. The molecule has 0 radical (unpaired) electrons. The van der Waals surface area contributed by atoms with Gasteiger partial charge in [-0.25, -0.2) is 58.1 Å². The molecule has 6 aromatic rings. The second-order valence-corrected chi connectivity index (χ2v) is 26.0. The van der Waals surface area contributed by atoms with E-state index in [1.807, 2.05) is 15.1 Å². The number of carbonyl (C=O) groups excluding carboxylic acids is 8. The molecule has 8 aliphatic rings. The molecule has 5 fully saturated rings. The summed E-state index contributed by atoms with van der Waals surface area (Å²) in [6, 6.07) is 12.6. The summed E-state index contributed by atoms with van der Waals surface area (Å²) in [7, 11) is 1.46. The zero-order chi connectivity index (χ0) is 72.7. The van der Waals surface area contributed by atoms with Crippen LogP contribution in [0.1, 0.15) is 131 Å². The smallest absolute Gasteiger partial charge is 0.408 e. The Bertz CT molecular complexity index is 4280. The minimum Gasteiger partial charge on any atom is -0.481 e. The van der Waals surface area contributed by atoms with E-state index in [4.69, 9.17) is 4.74 Å². The minimum atomic E-state index is -4.60. The average molecular weight is 1420 g/mol. The molecule has 8 amide bonds. The van der Waals surface area contributed by atoms with Gasteiger partial charge in [-0.05, 0) is 113 Å². The zero-order valence-electron chi connectivity index (χ0n) is 55.4. The third kappa shape index (κ3) is 15.7. The Kier molecular flexibility index (Phi) is 20.0. The number of Topliss-reactive ketones (excluding diaryl/α,β-unsaturated/α-hetero) is 3. The summed E-state index contributed by atoms with van der Waals surface area (Å²) in [6.07, 6.45) is -1.55. The fourth-order valence-corrected chi connectivity index (χ4v) is 12.8. The number of aromatic nitrogens is 7. The number of hydrogen-bond donors (Lipinski definition) is 5. The van der Waals surface area contributed by atoms with Crippen LogP contribution in [0.4, 0.5) is 101 Å². The maximum absolute atomic E-state index is 13.4. The summed E-state index contributed by atoms with van der Waals surface area (Å²) in [4.78, 5) is 142. The molecule has 27 nitrogen and oxygen atoms in total. The summed E-state index contributed by atoms with van der Waals surface area (Å²) >= 11 is 0. The largest absolute Gasteiger partial charge is 0.481 e. The second-order valence-electron chi connectivity index (χ2n) is 26.0. The predicted octanol–water partition coefficient (Wildman–Crippen LogP) is 10.1. The highest BCUT2D eigenvalue weighted by Gasteiger charge is 2.57. The lowest BCUT2D eigenvalue weighted by Gasteiger charge is -2.35. The molecule has 14 rings (SSSR count). The number of hydrogen-bond acceptors (Lipinski definition) is 19. The highest BCUT2D eigenvalue weighted by molar-refractivity contribution is 6.08. The minimum absolute atomic E-state index is 0.00283. The molecular weight excluding hydrogens is 1350 g/mol. The molecule has 3 saturated heterocycles. The van der Waals surface area contributed by atoms with Crippen molar-refractivity contribution in [3.63, 3.8) is 0 Å². The number of ketones is 3. The second kappa shape index (κ2) is 28.7. The summed E-state index contributed by atoms with van der Waals surface area (Å²) in [6.45, 7) is 7.89. The Balaban J connectivity index is 0.000000145. The summed E-state index contributed by atoms with van der Waals surface area (Å²) in [5.41, 5.74) is 2.50. The van der Waals surface area contributed by atoms with Gasteiger partial charge >= 0.3 is 30.4 Å². The van der Waals surface area contributed by atoms with E-state index in [0.717, 1.165) is 45.3 Å². The molecule has 538 valence electrons. The molecule has 6 aromatic heterocycles. The molecule has 5 N–H and O–H groups in total. The lowest BCUT2D eigenvalue weighted by atomic mass is 10.0. The number of nitrogens with one attached hydrogen (secondary N) is 5. The number of halogens is 8. The van der Waals surface area contributed by atoms with E-state index >= 15 is 0 Å². The van der Waals surface area contributed by atoms with Crippen LogP contribution in [0.3, 0.4) is 0 Å². The molecule has 6 atom stereocenters. The highest BCUT2D eigenvalue weighted by Crippen LogP contribution is 2.51. The van der Waals surface area contributed by atoms with E-state index in [-0.39, 0.29) is 88.8 Å². The van der Waals surface area contributed by atoms with Gasteiger partial charge < -0.3 is 30.1 Å². The molecule has 0 aromatic carbocycles. The van der Waals surface area contributed by atoms with E-state index in [9.17, 15) is 73.5 Å². The summed E-state index contributed by atoms with van der Waals surface area (Å²) < 4.78 is 109. The summed E-state index contributed by atoms with van der Waals surface area (Å²) in [5.74, 6) is -5.87. The molecule has 0 unspecified atom stereocenters. The van der Waals surface area contributed by atoms with Crippen LogP contribution in [0.15, 0.2) is 85.5 Å². The van der Waals surface area contributed by atoms with Gasteiger partial charge in [0.15, 0.2) is 34.8 Å². The maximum Gasteiger partial charge on any atom is 0.408 e. The van der Waals surface area contributed by atoms with Crippen LogP contribution in [0, 0.1) is 17.8 Å². The molecule has 0 spiro atoms. The van der Waals surface area contributed by atoms with E-state index in [0.29, 0.717) is 98.6 Å². The number of alkyl halides is 8. The number of fused-ring (bicyclic) bond motifs is 12. The van der Waals surface area contributed by atoms with Gasteiger partial charge in [0.2, 0.25) is 5.88 Å². The Labute approximate surface area is 577 Å². The van der Waals surface area contributed by atoms with Crippen molar-refractivity contribution in [1.82, 2.24) is 45.5 Å². The molecule has 6 bridgehead atoms. The van der Waals surface area contributed by atoms with Gasteiger partial charge in [0.25, 0.3) is 17.7 Å². The topological polar surface area (TPSA) is 316 Å². The number of pyridine rings is 5. The first kappa shape index (κ1) is 71.1. The van der Waals surface area contributed by atoms with Crippen LogP contribution in [0.25, 0.3) is 0 Å². The van der Waals surface area contributed by atoms with Gasteiger partial charge in [0.05, 0.1) is 48.2 Å². The zero-order valence-corrected chi connectivity index (χ0v) is 55.4. The van der Waals surface area contributed by atoms with Crippen molar-refractivity contribution < 1.29 is 78.2 Å². The molecule has 6 aliphatic heterocycles. The van der Waals surface area contributed by atoms with Gasteiger partial charge in [-0.3, -0.25) is 54.6 Å². The van der Waals surface area contributed by atoms with Gasteiger partial charge in [-0.2, -0.15) is 26.3 Å². The molecule has 2 aliphatic carbocycles. The van der Waals surface area contributed by atoms with Crippen LogP contribution in [-0.4, -0.2) is 178 Å². The number of amides is 8. The van der Waals surface area contributed by atoms with Gasteiger partial charge in [0, 0.05) is 107 Å². The Morgan fingerprint density at radius 1 is 0.559 bits per heavy atom. The maximum atomic E-state index is 13.4.